The number of aromatic amines is 1. The lowest BCUT2D eigenvalue weighted by Gasteiger charge is -1.99. The van der Waals surface area contributed by atoms with Gasteiger partial charge in [-0.3, -0.25) is 10.1 Å². The van der Waals surface area contributed by atoms with E-state index >= 15 is 0 Å². The third-order valence-corrected chi connectivity index (χ3v) is 4.03. The molecule has 0 radical (unpaired) electrons. The van der Waals surface area contributed by atoms with Gasteiger partial charge in [-0.2, -0.15) is 4.98 Å². The van der Waals surface area contributed by atoms with Crippen LogP contribution < -0.4 is 10.1 Å². The van der Waals surface area contributed by atoms with E-state index in [1.807, 2.05) is 48.5 Å². The molecule has 2 N–H and O–H groups in total. The lowest BCUT2D eigenvalue weighted by molar-refractivity contribution is -0.116. The maximum absolute atomic E-state index is 12.1. The second-order valence-electron chi connectivity index (χ2n) is 5.89. The van der Waals surface area contributed by atoms with E-state index in [0.29, 0.717) is 24.1 Å². The van der Waals surface area contributed by atoms with Gasteiger partial charge in [0, 0.05) is 18.4 Å². The van der Waals surface area contributed by atoms with Crippen molar-refractivity contribution >= 4 is 22.9 Å². The number of nitrogens with zero attached hydrogens (tertiary/aromatic N) is 3. The number of aryl methyl sites for hydroxylation is 1. The summed E-state index contributed by atoms with van der Waals surface area (Å²) >= 11 is 0. The number of hydrogen-bond donors (Lipinski definition) is 2. The Balaban J connectivity index is 1.35. The highest BCUT2D eigenvalue weighted by Crippen LogP contribution is 2.20. The van der Waals surface area contributed by atoms with Gasteiger partial charge in [0.25, 0.3) is 0 Å². The summed E-state index contributed by atoms with van der Waals surface area (Å²) in [5, 5.41) is 6.70. The molecule has 0 spiro atoms. The Bertz CT molecular complexity index is 1040. The van der Waals surface area contributed by atoms with E-state index in [1.54, 1.807) is 7.11 Å². The van der Waals surface area contributed by atoms with Gasteiger partial charge in [0.2, 0.25) is 23.6 Å². The van der Waals surface area contributed by atoms with Crippen LogP contribution in [0, 0.1) is 0 Å². The molecule has 0 aliphatic heterocycles. The predicted molar refractivity (Wildman–Crippen MR) is 99.3 cm³/mol. The summed E-state index contributed by atoms with van der Waals surface area (Å²) in [5.41, 5.74) is 2.49. The number of carbonyl (C=O) groups excluding carboxylic acids is 1. The number of methoxy groups -OCH3 is 1. The number of anilines is 1. The molecule has 0 aliphatic carbocycles. The largest absolute Gasteiger partial charge is 0.497 e. The summed E-state index contributed by atoms with van der Waals surface area (Å²) in [6.45, 7) is 0. The first-order valence-electron chi connectivity index (χ1n) is 8.43. The zero-order valence-electron chi connectivity index (χ0n) is 14.6. The third-order valence-electron chi connectivity index (χ3n) is 4.03. The molecule has 8 nitrogen and oxygen atoms in total. The number of nitrogens with one attached hydrogen (secondary N) is 2. The van der Waals surface area contributed by atoms with Crippen molar-refractivity contribution in [3.63, 3.8) is 0 Å². The summed E-state index contributed by atoms with van der Waals surface area (Å²) in [5.74, 6) is 1.87. The number of imidazole rings is 1. The molecule has 0 fully saturated rings. The standard InChI is InChI=1S/C19H17N5O3/c1-26-13-8-6-12(7-9-13)18-23-17(27-24-18)11-10-16(25)22-19-20-14-4-2-3-5-15(14)21-19/h2-9H,10-11H2,1H3,(H2,20,21,22,25). The fourth-order valence-electron chi connectivity index (χ4n) is 2.64. The molecule has 4 rings (SSSR count). The molecule has 27 heavy (non-hydrogen) atoms. The Hall–Kier alpha value is -3.68. The van der Waals surface area contributed by atoms with Crippen molar-refractivity contribution in [3.8, 4) is 17.1 Å². The van der Waals surface area contributed by atoms with Crippen molar-refractivity contribution in [1.82, 2.24) is 20.1 Å². The Morgan fingerprint density at radius 2 is 1.96 bits per heavy atom. The summed E-state index contributed by atoms with van der Waals surface area (Å²) in [7, 11) is 1.61. The van der Waals surface area contributed by atoms with Crippen LogP contribution in [-0.2, 0) is 11.2 Å². The van der Waals surface area contributed by atoms with E-state index in [0.717, 1.165) is 22.3 Å². The van der Waals surface area contributed by atoms with Gasteiger partial charge in [0.1, 0.15) is 5.75 Å². The van der Waals surface area contributed by atoms with Gasteiger partial charge >= 0.3 is 0 Å². The van der Waals surface area contributed by atoms with Gasteiger partial charge < -0.3 is 14.2 Å². The molecule has 0 bridgehead atoms. The molecule has 8 heteroatoms. The third kappa shape index (κ3) is 3.79. The lowest BCUT2D eigenvalue weighted by atomic mass is 10.2. The van der Waals surface area contributed by atoms with Crippen LogP contribution in [0.1, 0.15) is 12.3 Å². The first-order valence-corrected chi connectivity index (χ1v) is 8.43. The number of amides is 1. The van der Waals surface area contributed by atoms with Crippen molar-refractivity contribution in [2.24, 2.45) is 0 Å². The molecule has 0 atom stereocenters. The van der Waals surface area contributed by atoms with Crippen molar-refractivity contribution in [3.05, 3.63) is 54.4 Å². The van der Waals surface area contributed by atoms with Gasteiger partial charge in [-0.15, -0.1) is 0 Å². The number of H-pyrrole nitrogens is 1. The van der Waals surface area contributed by atoms with Crippen LogP contribution in [0.4, 0.5) is 5.95 Å². The average Bonchev–Trinajstić information content (AvgIpc) is 3.33. The number of para-hydroxylation sites is 2. The van der Waals surface area contributed by atoms with Crippen molar-refractivity contribution < 1.29 is 14.1 Å². The number of fused-ring (bicyclic) bond motifs is 1. The second kappa shape index (κ2) is 7.28. The molecule has 1 amide bonds. The van der Waals surface area contributed by atoms with Crippen LogP contribution >= 0.6 is 0 Å². The van der Waals surface area contributed by atoms with E-state index in [9.17, 15) is 4.79 Å². The molecule has 0 aliphatic rings. The van der Waals surface area contributed by atoms with Crippen LogP contribution in [-0.4, -0.2) is 33.1 Å². The molecular formula is C19H17N5O3. The number of benzene rings is 2. The van der Waals surface area contributed by atoms with Crippen molar-refractivity contribution in [2.45, 2.75) is 12.8 Å². The van der Waals surface area contributed by atoms with Gasteiger partial charge in [-0.1, -0.05) is 17.3 Å². The Labute approximate surface area is 154 Å². The fourth-order valence-corrected chi connectivity index (χ4v) is 2.64. The molecule has 2 heterocycles. The van der Waals surface area contributed by atoms with E-state index in [2.05, 4.69) is 25.4 Å². The molecule has 2 aromatic carbocycles. The van der Waals surface area contributed by atoms with Gasteiger partial charge in [0.15, 0.2) is 0 Å². The Kier molecular flexibility index (Phi) is 4.52. The van der Waals surface area contributed by atoms with Crippen molar-refractivity contribution in [1.29, 1.82) is 0 Å². The predicted octanol–water partition coefficient (Wildman–Crippen LogP) is 3.19. The topological polar surface area (TPSA) is 106 Å². The highest BCUT2D eigenvalue weighted by Gasteiger charge is 2.12. The lowest BCUT2D eigenvalue weighted by Crippen LogP contribution is -2.13. The normalized spacial score (nSPS) is 10.9. The summed E-state index contributed by atoms with van der Waals surface area (Å²) < 4.78 is 10.4. The molecule has 4 aromatic rings. The number of ether oxygens (including phenoxy) is 1. The maximum Gasteiger partial charge on any atom is 0.227 e. The minimum absolute atomic E-state index is 0.182. The minimum atomic E-state index is -0.182. The van der Waals surface area contributed by atoms with Gasteiger partial charge in [0.05, 0.1) is 18.1 Å². The molecule has 136 valence electrons. The zero-order chi connectivity index (χ0) is 18.6. The Morgan fingerprint density at radius 1 is 1.15 bits per heavy atom. The summed E-state index contributed by atoms with van der Waals surface area (Å²) in [6.07, 6.45) is 0.552. The zero-order valence-corrected chi connectivity index (χ0v) is 14.6. The first kappa shape index (κ1) is 16.8. The number of rotatable bonds is 6. The highest BCUT2D eigenvalue weighted by molar-refractivity contribution is 5.91. The number of hydrogen-bond acceptors (Lipinski definition) is 6. The van der Waals surface area contributed by atoms with Crippen molar-refractivity contribution in [2.75, 3.05) is 12.4 Å². The SMILES string of the molecule is COc1ccc(-c2noc(CCC(=O)Nc3nc4ccccc4[nH]3)n2)cc1. The molecule has 0 saturated carbocycles. The van der Waals surface area contributed by atoms with E-state index in [-0.39, 0.29) is 12.3 Å². The molecule has 2 aromatic heterocycles. The van der Waals surface area contributed by atoms with Crippen LogP contribution in [0.2, 0.25) is 0 Å². The number of aromatic nitrogens is 4. The summed E-state index contributed by atoms with van der Waals surface area (Å²) in [4.78, 5) is 23.8. The second-order valence-corrected chi connectivity index (χ2v) is 5.89. The smallest absolute Gasteiger partial charge is 0.227 e. The van der Waals surface area contributed by atoms with Gasteiger partial charge in [-0.25, -0.2) is 4.98 Å². The monoisotopic (exact) mass is 363 g/mol. The van der Waals surface area contributed by atoms with Crippen LogP contribution in [0.5, 0.6) is 5.75 Å². The minimum Gasteiger partial charge on any atom is -0.497 e. The summed E-state index contributed by atoms with van der Waals surface area (Å²) in [6, 6.07) is 14.9. The Morgan fingerprint density at radius 3 is 2.74 bits per heavy atom. The average molecular weight is 363 g/mol. The van der Waals surface area contributed by atoms with Crippen LogP contribution in [0.15, 0.2) is 53.1 Å². The molecular weight excluding hydrogens is 346 g/mol. The van der Waals surface area contributed by atoms with Crippen LogP contribution in [0.3, 0.4) is 0 Å². The maximum atomic E-state index is 12.1. The van der Waals surface area contributed by atoms with E-state index in [1.165, 1.54) is 0 Å². The highest BCUT2D eigenvalue weighted by atomic mass is 16.5. The van der Waals surface area contributed by atoms with Crippen LogP contribution in [0.25, 0.3) is 22.4 Å². The quantitative estimate of drug-likeness (QED) is 0.545. The fraction of sp³-hybridized carbons (Fsp3) is 0.158. The molecule has 0 unspecified atom stereocenters. The van der Waals surface area contributed by atoms with Gasteiger partial charge in [-0.05, 0) is 36.4 Å². The first-order chi connectivity index (χ1) is 13.2. The molecule has 0 saturated heterocycles. The number of carbonyl (C=O) groups is 1. The van der Waals surface area contributed by atoms with E-state index < -0.39 is 0 Å². The van der Waals surface area contributed by atoms with E-state index in [4.69, 9.17) is 9.26 Å².